The maximum absolute atomic E-state index is 13.0. The number of carbonyl (C=O) groups is 1. The van der Waals surface area contributed by atoms with Crippen molar-refractivity contribution >= 4 is 22.2 Å². The second kappa shape index (κ2) is 4.64. The molecular weight excluding hydrogens is 300 g/mol. The molecule has 0 fully saturated rings. The van der Waals surface area contributed by atoms with E-state index >= 15 is 0 Å². The molecule has 1 aliphatic heterocycles. The molecule has 3 aromatic rings. The zero-order valence-electron chi connectivity index (χ0n) is 12.6. The number of thiazole rings is 1. The summed E-state index contributed by atoms with van der Waals surface area (Å²) >= 11 is 1.53. The minimum absolute atomic E-state index is 0.00199. The van der Waals surface area contributed by atoms with Crippen molar-refractivity contribution in [1.29, 1.82) is 0 Å². The first kappa shape index (κ1) is 13.4. The van der Waals surface area contributed by atoms with Gasteiger partial charge in [0.05, 0.1) is 18.3 Å². The SMILES string of the molecule is Cc1nc2sccn2c1C(=O)N1Cc2nnc(C)n2C(C)C1. The summed E-state index contributed by atoms with van der Waals surface area (Å²) in [6.07, 6.45) is 1.90. The van der Waals surface area contributed by atoms with E-state index in [4.69, 9.17) is 0 Å². The molecule has 0 N–H and O–H groups in total. The van der Waals surface area contributed by atoms with E-state index in [1.807, 2.05) is 34.7 Å². The molecule has 0 radical (unpaired) electrons. The van der Waals surface area contributed by atoms with Gasteiger partial charge < -0.3 is 9.47 Å². The van der Waals surface area contributed by atoms with Crippen molar-refractivity contribution in [1.82, 2.24) is 29.0 Å². The number of hydrogen-bond acceptors (Lipinski definition) is 5. The number of nitrogens with zero attached hydrogens (tertiary/aromatic N) is 6. The Balaban J connectivity index is 1.72. The fourth-order valence-electron chi connectivity index (χ4n) is 3.19. The average Bonchev–Trinajstić information content (AvgIpc) is 3.13. The van der Waals surface area contributed by atoms with Crippen LogP contribution in [-0.4, -0.2) is 41.5 Å². The molecule has 8 heteroatoms. The quantitative estimate of drug-likeness (QED) is 0.687. The molecule has 0 aromatic carbocycles. The molecule has 7 nitrogen and oxygen atoms in total. The summed E-state index contributed by atoms with van der Waals surface area (Å²) in [5, 5.41) is 10.3. The first-order chi connectivity index (χ1) is 10.6. The van der Waals surface area contributed by atoms with Crippen molar-refractivity contribution in [3.05, 3.63) is 34.6 Å². The fourth-order valence-corrected chi connectivity index (χ4v) is 3.95. The first-order valence-corrected chi connectivity index (χ1v) is 8.06. The molecule has 0 saturated carbocycles. The van der Waals surface area contributed by atoms with Crippen molar-refractivity contribution in [2.75, 3.05) is 6.54 Å². The van der Waals surface area contributed by atoms with Crippen LogP contribution in [0.3, 0.4) is 0 Å². The largest absolute Gasteiger partial charge is 0.328 e. The van der Waals surface area contributed by atoms with Crippen LogP contribution in [0.5, 0.6) is 0 Å². The van der Waals surface area contributed by atoms with E-state index in [2.05, 4.69) is 26.7 Å². The summed E-state index contributed by atoms with van der Waals surface area (Å²) in [4.78, 5) is 20.1. The monoisotopic (exact) mass is 316 g/mol. The third kappa shape index (κ3) is 1.80. The maximum Gasteiger partial charge on any atom is 0.273 e. The van der Waals surface area contributed by atoms with E-state index in [0.29, 0.717) is 18.8 Å². The Morgan fingerprint density at radius 2 is 2.18 bits per heavy atom. The van der Waals surface area contributed by atoms with Crippen molar-refractivity contribution in [2.45, 2.75) is 33.4 Å². The van der Waals surface area contributed by atoms with Gasteiger partial charge in [0.1, 0.15) is 11.5 Å². The summed E-state index contributed by atoms with van der Waals surface area (Å²) in [6, 6.07) is 0.175. The standard InChI is InChI=1S/C14H16N6OS/c1-8-6-18(7-11-17-16-10(3)20(8)11)13(21)12-9(2)15-14-19(12)4-5-22-14/h4-5,8H,6-7H2,1-3H3. The number of imidazole rings is 1. The number of rotatable bonds is 1. The van der Waals surface area contributed by atoms with Crippen LogP contribution in [0.1, 0.15) is 40.8 Å². The summed E-state index contributed by atoms with van der Waals surface area (Å²) in [6.45, 7) is 7.05. The molecule has 1 atom stereocenters. The summed E-state index contributed by atoms with van der Waals surface area (Å²) in [5.74, 6) is 1.74. The topological polar surface area (TPSA) is 68.3 Å². The lowest BCUT2D eigenvalue weighted by molar-refractivity contribution is 0.0672. The molecule has 3 aromatic heterocycles. The van der Waals surface area contributed by atoms with E-state index < -0.39 is 0 Å². The molecule has 1 unspecified atom stereocenters. The van der Waals surface area contributed by atoms with E-state index in [0.717, 1.165) is 22.3 Å². The number of carbonyl (C=O) groups excluding carboxylic acids is 1. The van der Waals surface area contributed by atoms with E-state index in [1.54, 1.807) is 0 Å². The molecule has 1 amide bonds. The molecule has 4 heterocycles. The van der Waals surface area contributed by atoms with Gasteiger partial charge in [-0.1, -0.05) is 0 Å². The number of amides is 1. The van der Waals surface area contributed by atoms with Crippen LogP contribution in [0.25, 0.3) is 4.96 Å². The van der Waals surface area contributed by atoms with E-state index in [9.17, 15) is 4.79 Å². The van der Waals surface area contributed by atoms with Gasteiger partial charge in [-0.2, -0.15) is 0 Å². The molecule has 0 aliphatic carbocycles. The minimum Gasteiger partial charge on any atom is -0.328 e. The number of hydrogen-bond donors (Lipinski definition) is 0. The van der Waals surface area contributed by atoms with Gasteiger partial charge in [-0.15, -0.1) is 21.5 Å². The van der Waals surface area contributed by atoms with Crippen LogP contribution in [-0.2, 0) is 6.54 Å². The highest BCUT2D eigenvalue weighted by molar-refractivity contribution is 7.15. The second-order valence-corrected chi connectivity index (χ2v) is 6.54. The van der Waals surface area contributed by atoms with Gasteiger partial charge in [0.2, 0.25) is 0 Å². The van der Waals surface area contributed by atoms with Crippen molar-refractivity contribution in [2.24, 2.45) is 0 Å². The molecule has 22 heavy (non-hydrogen) atoms. The van der Waals surface area contributed by atoms with Gasteiger partial charge in [0.25, 0.3) is 5.91 Å². The lowest BCUT2D eigenvalue weighted by Crippen LogP contribution is -2.41. The lowest BCUT2D eigenvalue weighted by atomic mass is 10.2. The predicted molar refractivity (Wildman–Crippen MR) is 82.0 cm³/mol. The van der Waals surface area contributed by atoms with Gasteiger partial charge in [-0.3, -0.25) is 9.20 Å². The van der Waals surface area contributed by atoms with Gasteiger partial charge in [-0.05, 0) is 20.8 Å². The first-order valence-electron chi connectivity index (χ1n) is 7.18. The lowest BCUT2D eigenvalue weighted by Gasteiger charge is -2.32. The summed E-state index contributed by atoms with van der Waals surface area (Å²) in [7, 11) is 0. The molecule has 114 valence electrons. The molecule has 0 bridgehead atoms. The predicted octanol–water partition coefficient (Wildman–Crippen LogP) is 1.82. The maximum atomic E-state index is 13.0. The molecular formula is C14H16N6OS. The highest BCUT2D eigenvalue weighted by Gasteiger charge is 2.31. The number of aryl methyl sites for hydroxylation is 2. The summed E-state index contributed by atoms with van der Waals surface area (Å²) in [5.41, 5.74) is 1.42. The van der Waals surface area contributed by atoms with Crippen LogP contribution >= 0.6 is 11.3 Å². The Morgan fingerprint density at radius 3 is 3.00 bits per heavy atom. The number of aromatic nitrogens is 5. The highest BCUT2D eigenvalue weighted by atomic mass is 32.1. The molecule has 4 rings (SSSR count). The van der Waals surface area contributed by atoms with Crippen LogP contribution in [0, 0.1) is 13.8 Å². The molecule has 0 spiro atoms. The van der Waals surface area contributed by atoms with Gasteiger partial charge in [0, 0.05) is 18.1 Å². The van der Waals surface area contributed by atoms with Crippen molar-refractivity contribution < 1.29 is 4.79 Å². The van der Waals surface area contributed by atoms with E-state index in [1.165, 1.54) is 11.3 Å². The Morgan fingerprint density at radius 1 is 1.36 bits per heavy atom. The van der Waals surface area contributed by atoms with Crippen LogP contribution < -0.4 is 0 Å². The van der Waals surface area contributed by atoms with Crippen molar-refractivity contribution in [3.63, 3.8) is 0 Å². The molecule has 0 saturated heterocycles. The van der Waals surface area contributed by atoms with Crippen LogP contribution in [0.15, 0.2) is 11.6 Å². The highest BCUT2D eigenvalue weighted by Crippen LogP contribution is 2.24. The van der Waals surface area contributed by atoms with E-state index in [-0.39, 0.29) is 11.9 Å². The summed E-state index contributed by atoms with van der Waals surface area (Å²) < 4.78 is 3.98. The third-order valence-corrected chi connectivity index (χ3v) is 4.88. The van der Waals surface area contributed by atoms with Crippen LogP contribution in [0.2, 0.25) is 0 Å². The Kier molecular flexibility index (Phi) is 2.83. The smallest absolute Gasteiger partial charge is 0.273 e. The average molecular weight is 316 g/mol. The van der Waals surface area contributed by atoms with Crippen molar-refractivity contribution in [3.8, 4) is 0 Å². The molecule has 1 aliphatic rings. The zero-order chi connectivity index (χ0) is 15.4. The third-order valence-electron chi connectivity index (χ3n) is 4.12. The fraction of sp³-hybridized carbons (Fsp3) is 0.429. The normalized spacial score (nSPS) is 18.0. The zero-order valence-corrected chi connectivity index (χ0v) is 13.5. The Labute approximate surface area is 131 Å². The Hall–Kier alpha value is -2.22. The van der Waals surface area contributed by atoms with Gasteiger partial charge >= 0.3 is 0 Å². The second-order valence-electron chi connectivity index (χ2n) is 5.67. The van der Waals surface area contributed by atoms with Gasteiger partial charge in [-0.25, -0.2) is 4.98 Å². The van der Waals surface area contributed by atoms with Crippen LogP contribution in [0.4, 0.5) is 0 Å². The van der Waals surface area contributed by atoms with Gasteiger partial charge in [0.15, 0.2) is 10.8 Å². The Bertz CT molecular complexity index is 875. The number of fused-ring (bicyclic) bond motifs is 2. The minimum atomic E-state index is 0.00199.